The molecule has 0 unspecified atom stereocenters. The van der Waals surface area contributed by atoms with Gasteiger partial charge in [0.15, 0.2) is 6.10 Å². The molecule has 1 aliphatic rings. The average molecular weight is 433 g/mol. The van der Waals surface area contributed by atoms with E-state index >= 15 is 0 Å². The standard InChI is InChI=1S/C21H25BrN2O3/c1-16(27-20-7-5-19(22)6-8-20)21(25)23-14-17-3-2-4-18(13-17)15-24-9-11-26-12-10-24/h2-8,13,16H,9-12,14-15H2,1H3,(H,23,25)/t16-/m1/s1. The Labute approximate surface area is 168 Å². The normalized spacial score (nSPS) is 15.9. The largest absolute Gasteiger partial charge is 0.481 e. The molecule has 1 atom stereocenters. The van der Waals surface area contributed by atoms with E-state index in [1.807, 2.05) is 36.4 Å². The van der Waals surface area contributed by atoms with Gasteiger partial charge >= 0.3 is 0 Å². The minimum atomic E-state index is -0.553. The molecule has 1 saturated heterocycles. The predicted octanol–water partition coefficient (Wildman–Crippen LogP) is 3.37. The maximum atomic E-state index is 12.3. The van der Waals surface area contributed by atoms with Crippen molar-refractivity contribution in [3.8, 4) is 5.75 Å². The molecule has 2 aromatic carbocycles. The molecule has 5 nitrogen and oxygen atoms in total. The quantitative estimate of drug-likeness (QED) is 0.728. The fraction of sp³-hybridized carbons (Fsp3) is 0.381. The van der Waals surface area contributed by atoms with Gasteiger partial charge in [-0.2, -0.15) is 0 Å². The average Bonchev–Trinajstić information content (AvgIpc) is 2.69. The van der Waals surface area contributed by atoms with E-state index in [0.29, 0.717) is 12.3 Å². The summed E-state index contributed by atoms with van der Waals surface area (Å²) in [4.78, 5) is 14.7. The van der Waals surface area contributed by atoms with Crippen LogP contribution in [0.4, 0.5) is 0 Å². The monoisotopic (exact) mass is 432 g/mol. The Hall–Kier alpha value is -1.89. The predicted molar refractivity (Wildman–Crippen MR) is 109 cm³/mol. The maximum Gasteiger partial charge on any atom is 0.261 e. The smallest absolute Gasteiger partial charge is 0.261 e. The van der Waals surface area contributed by atoms with Gasteiger partial charge in [0, 0.05) is 30.7 Å². The van der Waals surface area contributed by atoms with Gasteiger partial charge in [-0.25, -0.2) is 0 Å². The number of morpholine rings is 1. The molecule has 0 radical (unpaired) electrons. The van der Waals surface area contributed by atoms with Crippen LogP contribution in [0.15, 0.2) is 53.0 Å². The molecular formula is C21H25BrN2O3. The van der Waals surface area contributed by atoms with E-state index in [9.17, 15) is 4.79 Å². The van der Waals surface area contributed by atoms with Gasteiger partial charge in [0.2, 0.25) is 0 Å². The first kappa shape index (κ1) is 19.9. The number of carbonyl (C=O) groups excluding carboxylic acids is 1. The van der Waals surface area contributed by atoms with Crippen LogP contribution < -0.4 is 10.1 Å². The zero-order chi connectivity index (χ0) is 19.1. The maximum absolute atomic E-state index is 12.3. The number of halogens is 1. The fourth-order valence-corrected chi connectivity index (χ4v) is 3.22. The molecule has 0 spiro atoms. The summed E-state index contributed by atoms with van der Waals surface area (Å²) in [7, 11) is 0. The number of ether oxygens (including phenoxy) is 2. The summed E-state index contributed by atoms with van der Waals surface area (Å²) in [6.45, 7) is 6.68. The molecule has 144 valence electrons. The third kappa shape index (κ3) is 6.34. The van der Waals surface area contributed by atoms with Crippen molar-refractivity contribution in [3.05, 3.63) is 64.1 Å². The highest BCUT2D eigenvalue weighted by atomic mass is 79.9. The van der Waals surface area contributed by atoms with E-state index in [4.69, 9.17) is 9.47 Å². The van der Waals surface area contributed by atoms with Crippen LogP contribution in [-0.2, 0) is 22.6 Å². The summed E-state index contributed by atoms with van der Waals surface area (Å²) in [5, 5.41) is 2.95. The second kappa shape index (κ2) is 9.88. The highest BCUT2D eigenvalue weighted by Crippen LogP contribution is 2.17. The lowest BCUT2D eigenvalue weighted by atomic mass is 10.1. The molecule has 1 aliphatic heterocycles. The van der Waals surface area contributed by atoms with Crippen molar-refractivity contribution in [2.75, 3.05) is 26.3 Å². The van der Waals surface area contributed by atoms with E-state index in [1.165, 1.54) is 5.56 Å². The first-order valence-electron chi connectivity index (χ1n) is 9.18. The third-order valence-corrected chi connectivity index (χ3v) is 4.99. The highest BCUT2D eigenvalue weighted by molar-refractivity contribution is 9.10. The first-order valence-corrected chi connectivity index (χ1v) is 9.97. The van der Waals surface area contributed by atoms with Gasteiger partial charge in [0.25, 0.3) is 5.91 Å². The van der Waals surface area contributed by atoms with E-state index in [-0.39, 0.29) is 5.91 Å². The van der Waals surface area contributed by atoms with Gasteiger partial charge in [0.05, 0.1) is 13.2 Å². The van der Waals surface area contributed by atoms with Crippen molar-refractivity contribution in [2.45, 2.75) is 26.1 Å². The number of amides is 1. The Balaban J connectivity index is 1.49. The van der Waals surface area contributed by atoms with Gasteiger partial charge < -0.3 is 14.8 Å². The number of benzene rings is 2. The molecule has 2 aromatic rings. The third-order valence-electron chi connectivity index (χ3n) is 4.46. The van der Waals surface area contributed by atoms with Gasteiger partial charge in [-0.15, -0.1) is 0 Å². The molecule has 3 rings (SSSR count). The Morgan fingerprint density at radius 2 is 1.89 bits per heavy atom. The summed E-state index contributed by atoms with van der Waals surface area (Å²) in [5.74, 6) is 0.546. The van der Waals surface area contributed by atoms with Crippen LogP contribution in [0.2, 0.25) is 0 Å². The molecule has 1 N–H and O–H groups in total. The van der Waals surface area contributed by atoms with Gasteiger partial charge in [0.1, 0.15) is 5.75 Å². The second-order valence-corrected chi connectivity index (χ2v) is 7.56. The summed E-state index contributed by atoms with van der Waals surface area (Å²) < 4.78 is 12.1. The summed E-state index contributed by atoms with van der Waals surface area (Å²) in [6.07, 6.45) is -0.553. The molecule has 1 heterocycles. The van der Waals surface area contributed by atoms with Crippen LogP contribution >= 0.6 is 15.9 Å². The van der Waals surface area contributed by atoms with Crippen LogP contribution in [0.3, 0.4) is 0 Å². The zero-order valence-corrected chi connectivity index (χ0v) is 17.1. The van der Waals surface area contributed by atoms with E-state index < -0.39 is 6.10 Å². The van der Waals surface area contributed by atoms with Gasteiger partial charge in [-0.05, 0) is 42.3 Å². The topological polar surface area (TPSA) is 50.8 Å². The number of hydrogen-bond acceptors (Lipinski definition) is 4. The lowest BCUT2D eigenvalue weighted by molar-refractivity contribution is -0.127. The van der Waals surface area contributed by atoms with Crippen LogP contribution in [0.5, 0.6) is 5.75 Å². The lowest BCUT2D eigenvalue weighted by Crippen LogP contribution is -2.36. The summed E-state index contributed by atoms with van der Waals surface area (Å²) >= 11 is 3.38. The van der Waals surface area contributed by atoms with Crippen LogP contribution in [0.25, 0.3) is 0 Å². The number of carbonyl (C=O) groups is 1. The second-order valence-electron chi connectivity index (χ2n) is 6.64. The number of hydrogen-bond donors (Lipinski definition) is 1. The van der Waals surface area contributed by atoms with E-state index in [2.05, 4.69) is 38.3 Å². The molecule has 0 aromatic heterocycles. The molecule has 1 fully saturated rings. The Bertz CT molecular complexity index is 745. The number of rotatable bonds is 7. The van der Waals surface area contributed by atoms with Crippen LogP contribution in [-0.4, -0.2) is 43.2 Å². The Morgan fingerprint density at radius 1 is 1.19 bits per heavy atom. The summed E-state index contributed by atoms with van der Waals surface area (Å²) in [5.41, 5.74) is 2.34. The van der Waals surface area contributed by atoms with Crippen molar-refractivity contribution < 1.29 is 14.3 Å². The minimum Gasteiger partial charge on any atom is -0.481 e. The SMILES string of the molecule is C[C@@H](Oc1ccc(Br)cc1)C(=O)NCc1cccc(CN2CCOCC2)c1. The van der Waals surface area contributed by atoms with Crippen molar-refractivity contribution in [1.82, 2.24) is 10.2 Å². The van der Waals surface area contributed by atoms with Crippen LogP contribution in [0.1, 0.15) is 18.1 Å². The lowest BCUT2D eigenvalue weighted by Gasteiger charge is -2.26. The van der Waals surface area contributed by atoms with Crippen molar-refractivity contribution in [1.29, 1.82) is 0 Å². The molecule has 0 bridgehead atoms. The Morgan fingerprint density at radius 3 is 2.63 bits per heavy atom. The molecule has 6 heteroatoms. The number of nitrogens with zero attached hydrogens (tertiary/aromatic N) is 1. The first-order chi connectivity index (χ1) is 13.1. The summed E-state index contributed by atoms with van der Waals surface area (Å²) in [6, 6.07) is 15.8. The molecule has 0 saturated carbocycles. The molecule has 0 aliphatic carbocycles. The van der Waals surface area contributed by atoms with E-state index in [0.717, 1.165) is 42.9 Å². The molecular weight excluding hydrogens is 408 g/mol. The number of nitrogens with one attached hydrogen (secondary N) is 1. The van der Waals surface area contributed by atoms with Gasteiger partial charge in [-0.3, -0.25) is 9.69 Å². The molecule has 1 amide bonds. The highest BCUT2D eigenvalue weighted by Gasteiger charge is 2.15. The fourth-order valence-electron chi connectivity index (χ4n) is 2.96. The molecule has 27 heavy (non-hydrogen) atoms. The van der Waals surface area contributed by atoms with Crippen molar-refractivity contribution >= 4 is 21.8 Å². The van der Waals surface area contributed by atoms with Crippen LogP contribution in [0, 0.1) is 0 Å². The van der Waals surface area contributed by atoms with Gasteiger partial charge in [-0.1, -0.05) is 40.2 Å². The Kier molecular flexibility index (Phi) is 7.26. The zero-order valence-electron chi connectivity index (χ0n) is 15.5. The van der Waals surface area contributed by atoms with Crippen molar-refractivity contribution in [3.63, 3.8) is 0 Å². The van der Waals surface area contributed by atoms with Crippen molar-refractivity contribution in [2.24, 2.45) is 0 Å². The van der Waals surface area contributed by atoms with E-state index in [1.54, 1.807) is 6.92 Å². The minimum absolute atomic E-state index is 0.128.